The van der Waals surface area contributed by atoms with Crippen LogP contribution in [0.1, 0.15) is 52.9 Å². The maximum absolute atomic E-state index is 11.0. The second-order valence-electron chi connectivity index (χ2n) is 4.61. The number of carbonyl (C=O) groups excluding carboxylic acids is 1. The van der Waals surface area contributed by atoms with E-state index in [0.717, 1.165) is 12.8 Å². The number of rotatable bonds is 4. The van der Waals surface area contributed by atoms with Gasteiger partial charge in [0.2, 0.25) is 0 Å². The van der Waals surface area contributed by atoms with Crippen LogP contribution in [0.25, 0.3) is 0 Å². The van der Waals surface area contributed by atoms with E-state index in [-0.39, 0.29) is 17.5 Å². The van der Waals surface area contributed by atoms with Gasteiger partial charge in [-0.2, -0.15) is 0 Å². The summed E-state index contributed by atoms with van der Waals surface area (Å²) in [5, 5.41) is 0. The molecule has 1 unspecified atom stereocenters. The Labute approximate surface area is 80.7 Å². The van der Waals surface area contributed by atoms with Gasteiger partial charge >= 0.3 is 5.97 Å². The maximum atomic E-state index is 11.0. The van der Waals surface area contributed by atoms with E-state index in [9.17, 15) is 4.79 Å². The van der Waals surface area contributed by atoms with Crippen LogP contribution >= 0.6 is 0 Å². The number of hydrogen-bond donors (Lipinski definition) is 0. The van der Waals surface area contributed by atoms with Gasteiger partial charge in [0.05, 0.1) is 0 Å². The lowest BCUT2D eigenvalue weighted by atomic mass is 9.80. The van der Waals surface area contributed by atoms with Crippen LogP contribution in [0, 0.1) is 5.41 Å². The SMILES string of the molecule is CCCCC(C)(C)C1CCC(=O)O1. The fourth-order valence-electron chi connectivity index (χ4n) is 1.87. The van der Waals surface area contributed by atoms with Crippen LogP contribution in [0.4, 0.5) is 0 Å². The Balaban J connectivity index is 2.43. The molecule has 0 aromatic heterocycles. The van der Waals surface area contributed by atoms with Crippen LogP contribution in [0.3, 0.4) is 0 Å². The summed E-state index contributed by atoms with van der Waals surface area (Å²) in [7, 11) is 0. The van der Waals surface area contributed by atoms with E-state index in [1.54, 1.807) is 0 Å². The summed E-state index contributed by atoms with van der Waals surface area (Å²) < 4.78 is 5.28. The molecule has 1 aliphatic rings. The van der Waals surface area contributed by atoms with E-state index in [1.165, 1.54) is 12.8 Å². The topological polar surface area (TPSA) is 26.3 Å². The standard InChI is InChI=1S/C11H20O2/c1-4-5-8-11(2,3)9-6-7-10(12)13-9/h9H,4-8H2,1-3H3. The van der Waals surface area contributed by atoms with Gasteiger partial charge in [0.15, 0.2) is 0 Å². The number of esters is 1. The molecule has 0 bridgehead atoms. The molecule has 2 heteroatoms. The molecule has 1 heterocycles. The van der Waals surface area contributed by atoms with Crippen molar-refractivity contribution in [3.63, 3.8) is 0 Å². The van der Waals surface area contributed by atoms with E-state index in [4.69, 9.17) is 4.74 Å². The normalized spacial score (nSPS) is 23.3. The van der Waals surface area contributed by atoms with E-state index < -0.39 is 0 Å². The van der Waals surface area contributed by atoms with Gasteiger partial charge in [-0.1, -0.05) is 33.6 Å². The molecule has 1 rings (SSSR count). The lowest BCUT2D eigenvalue weighted by Gasteiger charge is -2.30. The summed E-state index contributed by atoms with van der Waals surface area (Å²) in [4.78, 5) is 11.0. The molecule has 1 saturated heterocycles. The van der Waals surface area contributed by atoms with E-state index in [1.807, 2.05) is 0 Å². The highest BCUT2D eigenvalue weighted by Gasteiger charge is 2.36. The molecule has 0 saturated carbocycles. The van der Waals surface area contributed by atoms with Crippen molar-refractivity contribution in [2.45, 2.75) is 59.0 Å². The average molecular weight is 184 g/mol. The first-order valence-corrected chi connectivity index (χ1v) is 5.26. The third-order valence-electron chi connectivity index (χ3n) is 2.93. The van der Waals surface area contributed by atoms with Gasteiger partial charge in [-0.05, 0) is 12.8 Å². The van der Waals surface area contributed by atoms with Gasteiger partial charge in [0, 0.05) is 11.8 Å². The first-order valence-electron chi connectivity index (χ1n) is 5.26. The van der Waals surface area contributed by atoms with Crippen molar-refractivity contribution in [3.05, 3.63) is 0 Å². The van der Waals surface area contributed by atoms with Gasteiger partial charge < -0.3 is 4.74 Å². The molecule has 2 nitrogen and oxygen atoms in total. The number of unbranched alkanes of at least 4 members (excludes halogenated alkanes) is 1. The van der Waals surface area contributed by atoms with Crippen LogP contribution in [-0.2, 0) is 9.53 Å². The van der Waals surface area contributed by atoms with Crippen molar-refractivity contribution in [2.24, 2.45) is 5.41 Å². The Kier molecular flexibility index (Phi) is 3.34. The van der Waals surface area contributed by atoms with Crippen molar-refractivity contribution in [1.82, 2.24) is 0 Å². The summed E-state index contributed by atoms with van der Waals surface area (Å²) in [5.41, 5.74) is 0.169. The number of cyclic esters (lactones) is 1. The minimum absolute atomic E-state index is 0.0189. The molecule has 1 atom stereocenters. The Morgan fingerprint density at radius 1 is 1.54 bits per heavy atom. The molecule has 0 N–H and O–H groups in total. The Bertz CT molecular complexity index is 185. The second kappa shape index (κ2) is 4.12. The average Bonchev–Trinajstić information content (AvgIpc) is 2.49. The van der Waals surface area contributed by atoms with Gasteiger partial charge in [-0.3, -0.25) is 4.79 Å². The minimum Gasteiger partial charge on any atom is -0.462 e. The van der Waals surface area contributed by atoms with Crippen molar-refractivity contribution in [2.75, 3.05) is 0 Å². The maximum Gasteiger partial charge on any atom is 0.306 e. The highest BCUT2D eigenvalue weighted by Crippen LogP contribution is 2.35. The van der Waals surface area contributed by atoms with Crippen molar-refractivity contribution in [3.8, 4) is 0 Å². The van der Waals surface area contributed by atoms with Crippen molar-refractivity contribution < 1.29 is 9.53 Å². The van der Waals surface area contributed by atoms with Crippen LogP contribution < -0.4 is 0 Å². The van der Waals surface area contributed by atoms with E-state index in [0.29, 0.717) is 6.42 Å². The van der Waals surface area contributed by atoms with Crippen molar-refractivity contribution in [1.29, 1.82) is 0 Å². The first-order chi connectivity index (χ1) is 6.06. The molecule has 1 fully saturated rings. The highest BCUT2D eigenvalue weighted by molar-refractivity contribution is 5.71. The van der Waals surface area contributed by atoms with Gasteiger partial charge in [0.25, 0.3) is 0 Å². The predicted molar refractivity (Wildman–Crippen MR) is 52.4 cm³/mol. The zero-order valence-corrected chi connectivity index (χ0v) is 8.93. The predicted octanol–water partition coefficient (Wildman–Crippen LogP) is 2.91. The molecule has 1 aliphatic heterocycles. The number of carbonyl (C=O) groups is 1. The molecule has 0 radical (unpaired) electrons. The zero-order valence-electron chi connectivity index (χ0n) is 8.93. The minimum atomic E-state index is -0.0189. The van der Waals surface area contributed by atoms with Crippen LogP contribution in [0.2, 0.25) is 0 Å². The third kappa shape index (κ3) is 2.71. The number of ether oxygens (including phenoxy) is 1. The molecule has 13 heavy (non-hydrogen) atoms. The van der Waals surface area contributed by atoms with Gasteiger partial charge in [0.1, 0.15) is 6.10 Å². The monoisotopic (exact) mass is 184 g/mol. The Morgan fingerprint density at radius 3 is 2.69 bits per heavy atom. The van der Waals surface area contributed by atoms with Crippen LogP contribution in [-0.4, -0.2) is 12.1 Å². The molecular formula is C11H20O2. The fourth-order valence-corrected chi connectivity index (χ4v) is 1.87. The lowest BCUT2D eigenvalue weighted by molar-refractivity contribution is -0.145. The molecular weight excluding hydrogens is 164 g/mol. The Hall–Kier alpha value is -0.530. The summed E-state index contributed by atoms with van der Waals surface area (Å²) in [6.45, 7) is 6.59. The first kappa shape index (κ1) is 10.6. The largest absolute Gasteiger partial charge is 0.462 e. The quantitative estimate of drug-likeness (QED) is 0.628. The van der Waals surface area contributed by atoms with Crippen molar-refractivity contribution >= 4 is 5.97 Å². The Morgan fingerprint density at radius 2 is 2.23 bits per heavy atom. The number of hydrogen-bond acceptors (Lipinski definition) is 2. The van der Waals surface area contributed by atoms with Crippen LogP contribution in [0.15, 0.2) is 0 Å². The summed E-state index contributed by atoms with van der Waals surface area (Å²) in [6.07, 6.45) is 5.27. The molecule has 0 aliphatic carbocycles. The summed E-state index contributed by atoms with van der Waals surface area (Å²) >= 11 is 0. The summed E-state index contributed by atoms with van der Waals surface area (Å²) in [6, 6.07) is 0. The molecule has 0 aromatic rings. The zero-order chi connectivity index (χ0) is 9.90. The highest BCUT2D eigenvalue weighted by atomic mass is 16.5. The smallest absolute Gasteiger partial charge is 0.306 e. The molecule has 76 valence electrons. The van der Waals surface area contributed by atoms with E-state index >= 15 is 0 Å². The van der Waals surface area contributed by atoms with Gasteiger partial charge in [-0.25, -0.2) is 0 Å². The molecule has 0 amide bonds. The lowest BCUT2D eigenvalue weighted by Crippen LogP contribution is -2.29. The van der Waals surface area contributed by atoms with E-state index in [2.05, 4.69) is 20.8 Å². The summed E-state index contributed by atoms with van der Waals surface area (Å²) in [5.74, 6) is -0.0189. The molecule has 0 spiro atoms. The fraction of sp³-hybridized carbons (Fsp3) is 0.909. The van der Waals surface area contributed by atoms with Crippen LogP contribution in [0.5, 0.6) is 0 Å². The second-order valence-corrected chi connectivity index (χ2v) is 4.61. The van der Waals surface area contributed by atoms with Gasteiger partial charge in [-0.15, -0.1) is 0 Å². The molecule has 0 aromatic carbocycles. The third-order valence-corrected chi connectivity index (χ3v) is 2.93.